The molecule has 0 aromatic heterocycles. The van der Waals surface area contributed by atoms with Gasteiger partial charge in [-0.1, -0.05) is 15.9 Å². The zero-order valence-electron chi connectivity index (χ0n) is 10.3. The molecule has 18 heavy (non-hydrogen) atoms. The van der Waals surface area contributed by atoms with Gasteiger partial charge in [0.15, 0.2) is 0 Å². The van der Waals surface area contributed by atoms with Gasteiger partial charge in [-0.3, -0.25) is 0 Å². The summed E-state index contributed by atoms with van der Waals surface area (Å²) < 4.78 is 32.5. The molecule has 0 bridgehead atoms. The van der Waals surface area contributed by atoms with Crippen molar-refractivity contribution in [2.24, 2.45) is 0 Å². The van der Waals surface area contributed by atoms with Gasteiger partial charge in [0, 0.05) is 17.6 Å². The van der Waals surface area contributed by atoms with Crippen LogP contribution >= 0.6 is 15.9 Å². The highest BCUT2D eigenvalue weighted by atomic mass is 79.9. The minimum atomic E-state index is -3.60. The van der Waals surface area contributed by atoms with Crippen molar-refractivity contribution < 1.29 is 13.2 Å². The normalized spacial score (nSPS) is 13.5. The molecule has 0 amide bonds. The van der Waals surface area contributed by atoms with Crippen LogP contribution in [-0.2, 0) is 14.8 Å². The van der Waals surface area contributed by atoms with Gasteiger partial charge < -0.3 is 10.5 Å². The highest BCUT2D eigenvalue weighted by Gasteiger charge is 2.18. The van der Waals surface area contributed by atoms with Crippen LogP contribution in [0.4, 0.5) is 5.69 Å². The second-order valence-electron chi connectivity index (χ2n) is 3.80. The number of hydrogen-bond donors (Lipinski definition) is 2. The summed E-state index contributed by atoms with van der Waals surface area (Å²) in [6.07, 6.45) is -0.179. The Hall–Kier alpha value is -0.630. The fourth-order valence-corrected chi connectivity index (χ4v) is 3.02. The van der Waals surface area contributed by atoms with Crippen LogP contribution in [0.3, 0.4) is 0 Å². The first kappa shape index (κ1) is 15.4. The van der Waals surface area contributed by atoms with Gasteiger partial charge in [-0.05, 0) is 32.0 Å². The summed E-state index contributed by atoms with van der Waals surface area (Å²) in [7, 11) is -3.60. The largest absolute Gasteiger partial charge is 0.398 e. The molecule has 0 spiro atoms. The molecule has 5 nitrogen and oxygen atoms in total. The van der Waals surface area contributed by atoms with Crippen LogP contribution in [0, 0.1) is 0 Å². The number of nitrogens with one attached hydrogen (secondary N) is 1. The summed E-state index contributed by atoms with van der Waals surface area (Å²) in [6, 6.07) is 4.66. The fourth-order valence-electron chi connectivity index (χ4n) is 1.41. The maximum Gasteiger partial charge on any atom is 0.242 e. The highest BCUT2D eigenvalue weighted by molar-refractivity contribution is 9.10. The molecule has 1 atom stereocenters. The number of sulfonamides is 1. The molecule has 0 saturated carbocycles. The van der Waals surface area contributed by atoms with Crippen molar-refractivity contribution in [2.45, 2.75) is 24.8 Å². The topological polar surface area (TPSA) is 81.4 Å². The van der Waals surface area contributed by atoms with Gasteiger partial charge in [0.25, 0.3) is 0 Å². The quantitative estimate of drug-likeness (QED) is 0.775. The minimum absolute atomic E-state index is 0.0781. The van der Waals surface area contributed by atoms with Crippen LogP contribution in [0.5, 0.6) is 0 Å². The predicted molar refractivity (Wildman–Crippen MR) is 74.8 cm³/mol. The van der Waals surface area contributed by atoms with E-state index in [1.807, 2.05) is 6.92 Å². The van der Waals surface area contributed by atoms with Crippen molar-refractivity contribution in [3.05, 3.63) is 22.7 Å². The lowest BCUT2D eigenvalue weighted by molar-refractivity contribution is 0.0799. The second kappa shape index (κ2) is 6.51. The zero-order valence-corrected chi connectivity index (χ0v) is 12.7. The molecule has 1 rings (SSSR count). The number of hydrogen-bond acceptors (Lipinski definition) is 4. The summed E-state index contributed by atoms with van der Waals surface area (Å²) in [6.45, 7) is 4.42. The average Bonchev–Trinajstić information content (AvgIpc) is 2.26. The third-order valence-electron chi connectivity index (χ3n) is 2.27. The first-order chi connectivity index (χ1) is 8.36. The minimum Gasteiger partial charge on any atom is -0.398 e. The van der Waals surface area contributed by atoms with Gasteiger partial charge in [-0.2, -0.15) is 0 Å². The lowest BCUT2D eigenvalue weighted by Gasteiger charge is -2.14. The molecular formula is C11H17BrN2O3S. The van der Waals surface area contributed by atoms with Gasteiger partial charge in [0.05, 0.1) is 11.8 Å². The smallest absolute Gasteiger partial charge is 0.242 e. The molecule has 0 aliphatic rings. The maximum absolute atomic E-state index is 12.0. The van der Waals surface area contributed by atoms with E-state index >= 15 is 0 Å². The Kier molecular flexibility index (Phi) is 5.58. The van der Waals surface area contributed by atoms with Crippen molar-refractivity contribution in [2.75, 3.05) is 18.9 Å². The molecule has 1 unspecified atom stereocenters. The van der Waals surface area contributed by atoms with E-state index in [0.717, 1.165) is 4.47 Å². The number of benzene rings is 1. The number of rotatable bonds is 6. The van der Waals surface area contributed by atoms with Gasteiger partial charge in [0.1, 0.15) is 4.90 Å². The first-order valence-electron chi connectivity index (χ1n) is 5.53. The summed E-state index contributed by atoms with van der Waals surface area (Å²) in [5, 5.41) is 0. The van der Waals surface area contributed by atoms with Crippen LogP contribution in [0.25, 0.3) is 0 Å². The number of ether oxygens (including phenoxy) is 1. The highest BCUT2D eigenvalue weighted by Crippen LogP contribution is 2.22. The van der Waals surface area contributed by atoms with Gasteiger partial charge in [-0.25, -0.2) is 13.1 Å². The van der Waals surface area contributed by atoms with Gasteiger partial charge >= 0.3 is 0 Å². The molecule has 0 heterocycles. The Labute approximate surface area is 116 Å². The monoisotopic (exact) mass is 336 g/mol. The Morgan fingerprint density at radius 2 is 2.17 bits per heavy atom. The van der Waals surface area contributed by atoms with E-state index in [1.165, 1.54) is 6.07 Å². The van der Waals surface area contributed by atoms with Crippen LogP contribution < -0.4 is 10.5 Å². The molecular weight excluding hydrogens is 320 g/mol. The summed E-state index contributed by atoms with van der Waals surface area (Å²) in [5.41, 5.74) is 5.90. The van der Waals surface area contributed by atoms with Crippen molar-refractivity contribution in [1.82, 2.24) is 4.72 Å². The molecule has 7 heteroatoms. The van der Waals surface area contributed by atoms with Crippen molar-refractivity contribution in [3.8, 4) is 0 Å². The Morgan fingerprint density at radius 1 is 1.50 bits per heavy atom. The standard InChI is InChI=1S/C11H17BrN2O3S/c1-3-17-8(2)7-14-18(15,16)11-5-4-9(12)6-10(11)13/h4-6,8,14H,3,7,13H2,1-2H3. The number of halogens is 1. The van der Waals surface area contributed by atoms with Crippen LogP contribution in [0.1, 0.15) is 13.8 Å². The number of nitrogen functional groups attached to an aromatic ring is 1. The SMILES string of the molecule is CCOC(C)CNS(=O)(=O)c1ccc(Br)cc1N. The molecule has 3 N–H and O–H groups in total. The molecule has 102 valence electrons. The fraction of sp³-hybridized carbons (Fsp3) is 0.455. The zero-order chi connectivity index (χ0) is 13.8. The van der Waals surface area contributed by atoms with Crippen LogP contribution in [0.15, 0.2) is 27.6 Å². The van der Waals surface area contributed by atoms with E-state index in [4.69, 9.17) is 10.5 Å². The van der Waals surface area contributed by atoms with Crippen molar-refractivity contribution in [3.63, 3.8) is 0 Å². The van der Waals surface area contributed by atoms with Crippen molar-refractivity contribution >= 4 is 31.6 Å². The lowest BCUT2D eigenvalue weighted by Crippen LogP contribution is -2.32. The maximum atomic E-state index is 12.0. The molecule has 0 saturated heterocycles. The third-order valence-corrected chi connectivity index (χ3v) is 4.26. The number of anilines is 1. The summed E-state index contributed by atoms with van der Waals surface area (Å²) in [5.74, 6) is 0. The van der Waals surface area contributed by atoms with Gasteiger partial charge in [0.2, 0.25) is 10.0 Å². The Bertz CT molecular complexity index is 505. The molecule has 0 aliphatic carbocycles. The average molecular weight is 337 g/mol. The molecule has 1 aromatic carbocycles. The second-order valence-corrected chi connectivity index (χ2v) is 6.45. The third kappa shape index (κ3) is 4.24. The van der Waals surface area contributed by atoms with Crippen LogP contribution in [0.2, 0.25) is 0 Å². The Morgan fingerprint density at radius 3 is 2.72 bits per heavy atom. The van der Waals surface area contributed by atoms with E-state index < -0.39 is 10.0 Å². The predicted octanol–water partition coefficient (Wildman–Crippen LogP) is 1.73. The molecule has 1 aromatic rings. The molecule has 0 radical (unpaired) electrons. The van der Waals surface area contributed by atoms with Crippen molar-refractivity contribution in [1.29, 1.82) is 0 Å². The van der Waals surface area contributed by atoms with E-state index in [9.17, 15) is 8.42 Å². The van der Waals surface area contributed by atoms with E-state index in [2.05, 4.69) is 20.7 Å². The first-order valence-corrected chi connectivity index (χ1v) is 7.80. The number of nitrogens with two attached hydrogens (primary N) is 1. The summed E-state index contributed by atoms with van der Waals surface area (Å²) >= 11 is 3.23. The van der Waals surface area contributed by atoms with E-state index in [-0.39, 0.29) is 23.2 Å². The van der Waals surface area contributed by atoms with E-state index in [0.29, 0.717) is 6.61 Å². The van der Waals surface area contributed by atoms with E-state index in [1.54, 1.807) is 19.1 Å². The molecule has 0 aliphatic heterocycles. The Balaban J connectivity index is 2.80. The molecule has 0 fully saturated rings. The van der Waals surface area contributed by atoms with Gasteiger partial charge in [-0.15, -0.1) is 0 Å². The summed E-state index contributed by atoms with van der Waals surface area (Å²) in [4.78, 5) is 0.0781. The van der Waals surface area contributed by atoms with Crippen LogP contribution in [-0.4, -0.2) is 27.7 Å². The lowest BCUT2D eigenvalue weighted by atomic mass is 10.3.